The molecule has 2 amide bonds. The van der Waals surface area contributed by atoms with Gasteiger partial charge in [0.1, 0.15) is 0 Å². The van der Waals surface area contributed by atoms with Crippen LogP contribution in [0.5, 0.6) is 0 Å². The molecule has 2 aromatic rings. The third-order valence-corrected chi connectivity index (χ3v) is 6.67. The molecular formula is C23H30N4O2. The number of hydrogen-bond donors (Lipinski definition) is 0. The van der Waals surface area contributed by atoms with Crippen LogP contribution in [0.1, 0.15) is 43.9 Å². The molecule has 4 atom stereocenters. The van der Waals surface area contributed by atoms with E-state index in [9.17, 15) is 9.59 Å². The van der Waals surface area contributed by atoms with Crippen LogP contribution >= 0.6 is 0 Å². The van der Waals surface area contributed by atoms with Crippen LogP contribution in [-0.2, 0) is 11.2 Å². The van der Waals surface area contributed by atoms with Gasteiger partial charge in [0.2, 0.25) is 5.91 Å². The minimum atomic E-state index is -0.0536. The molecule has 1 aromatic carbocycles. The van der Waals surface area contributed by atoms with E-state index in [-0.39, 0.29) is 23.8 Å². The molecule has 1 saturated carbocycles. The van der Waals surface area contributed by atoms with Gasteiger partial charge in [-0.2, -0.15) is 5.10 Å². The van der Waals surface area contributed by atoms with Crippen LogP contribution in [0.25, 0.3) is 5.69 Å². The van der Waals surface area contributed by atoms with Gasteiger partial charge in [0.05, 0.1) is 5.69 Å². The van der Waals surface area contributed by atoms with Gasteiger partial charge in [0.15, 0.2) is 5.69 Å². The van der Waals surface area contributed by atoms with Crippen molar-refractivity contribution in [2.24, 2.45) is 17.8 Å². The van der Waals surface area contributed by atoms with Crippen molar-refractivity contribution in [1.82, 2.24) is 19.6 Å². The van der Waals surface area contributed by atoms with Crippen molar-refractivity contribution in [3.8, 4) is 5.69 Å². The summed E-state index contributed by atoms with van der Waals surface area (Å²) in [6.07, 6.45) is 0.796. The Morgan fingerprint density at radius 3 is 2.34 bits per heavy atom. The zero-order chi connectivity index (χ0) is 20.7. The van der Waals surface area contributed by atoms with Crippen LogP contribution in [0.2, 0.25) is 0 Å². The van der Waals surface area contributed by atoms with E-state index in [2.05, 4.69) is 25.9 Å². The van der Waals surface area contributed by atoms with E-state index in [1.54, 1.807) is 0 Å². The summed E-state index contributed by atoms with van der Waals surface area (Å²) in [4.78, 5) is 29.7. The third kappa shape index (κ3) is 3.56. The first-order chi connectivity index (χ1) is 13.9. The van der Waals surface area contributed by atoms with Gasteiger partial charge >= 0.3 is 0 Å². The van der Waals surface area contributed by atoms with E-state index in [1.807, 2.05) is 57.8 Å². The molecule has 154 valence electrons. The Bertz CT molecular complexity index is 899. The highest BCUT2D eigenvalue weighted by Crippen LogP contribution is 2.46. The van der Waals surface area contributed by atoms with Crippen LogP contribution in [0, 0.1) is 17.8 Å². The Morgan fingerprint density at radius 1 is 1.07 bits per heavy atom. The monoisotopic (exact) mass is 394 g/mol. The molecule has 0 bridgehead atoms. The van der Waals surface area contributed by atoms with Gasteiger partial charge in [-0.1, -0.05) is 39.0 Å². The van der Waals surface area contributed by atoms with Gasteiger partial charge in [-0.15, -0.1) is 0 Å². The Kier molecular flexibility index (Phi) is 5.19. The zero-order valence-electron chi connectivity index (χ0n) is 17.7. The van der Waals surface area contributed by atoms with Crippen molar-refractivity contribution in [3.63, 3.8) is 0 Å². The summed E-state index contributed by atoms with van der Waals surface area (Å²) >= 11 is 0. The summed E-state index contributed by atoms with van der Waals surface area (Å²) < 4.78 is 1.85. The molecule has 1 aliphatic heterocycles. The number of nitrogens with zero attached hydrogens (tertiary/aromatic N) is 4. The number of amides is 2. The third-order valence-electron chi connectivity index (χ3n) is 6.67. The lowest BCUT2D eigenvalue weighted by molar-refractivity contribution is -0.135. The summed E-state index contributed by atoms with van der Waals surface area (Å²) in [5.41, 5.74) is 2.44. The molecular weight excluding hydrogens is 364 g/mol. The van der Waals surface area contributed by atoms with Crippen molar-refractivity contribution in [1.29, 1.82) is 0 Å². The SMILES string of the molecule is CCc1cc(C(=O)N2CCN(C(=O)C3[C@@H](C)[C@H]3C)C[C@H]2C)nn1-c1ccccc1. The molecule has 0 N–H and O–H groups in total. The fourth-order valence-electron chi connectivity index (χ4n) is 4.50. The maximum absolute atomic E-state index is 13.2. The summed E-state index contributed by atoms with van der Waals surface area (Å²) in [6.45, 7) is 10.1. The van der Waals surface area contributed by atoms with Crippen LogP contribution in [0.15, 0.2) is 36.4 Å². The van der Waals surface area contributed by atoms with Gasteiger partial charge in [0.25, 0.3) is 5.91 Å². The minimum Gasteiger partial charge on any atom is -0.339 e. The molecule has 2 aliphatic rings. The average Bonchev–Trinajstić information content (AvgIpc) is 3.15. The second kappa shape index (κ2) is 7.65. The minimum absolute atomic E-state index is 0.0171. The second-order valence-electron chi connectivity index (χ2n) is 8.50. The molecule has 0 spiro atoms. The lowest BCUT2D eigenvalue weighted by Gasteiger charge is -2.39. The highest BCUT2D eigenvalue weighted by molar-refractivity contribution is 5.93. The molecule has 6 nitrogen and oxygen atoms in total. The molecule has 2 heterocycles. The summed E-state index contributed by atoms with van der Waals surface area (Å²) in [7, 11) is 0. The van der Waals surface area contributed by atoms with Crippen LogP contribution in [0.4, 0.5) is 0 Å². The number of para-hydroxylation sites is 1. The molecule has 29 heavy (non-hydrogen) atoms. The van der Waals surface area contributed by atoms with E-state index in [0.717, 1.165) is 17.8 Å². The van der Waals surface area contributed by atoms with Gasteiger partial charge in [-0.05, 0) is 43.4 Å². The number of aromatic nitrogens is 2. The molecule has 1 aliphatic carbocycles. The quantitative estimate of drug-likeness (QED) is 0.801. The average molecular weight is 395 g/mol. The fourth-order valence-corrected chi connectivity index (χ4v) is 4.50. The Morgan fingerprint density at radius 2 is 1.76 bits per heavy atom. The number of hydrogen-bond acceptors (Lipinski definition) is 3. The van der Waals surface area contributed by atoms with Crippen LogP contribution in [-0.4, -0.2) is 57.1 Å². The Hall–Kier alpha value is -2.63. The standard InChI is InChI=1S/C23H30N4O2/c1-5-18-13-20(24-27(18)19-9-7-6-8-10-19)22(28)26-12-11-25(14-15(26)2)23(29)21-16(3)17(21)4/h6-10,13,15-17,21H,5,11-12,14H2,1-4H3/t15-,16-,17+,21?/m1/s1. The molecule has 1 unspecified atom stereocenters. The van der Waals surface area contributed by atoms with E-state index in [4.69, 9.17) is 0 Å². The van der Waals surface area contributed by atoms with E-state index < -0.39 is 0 Å². The maximum atomic E-state index is 13.2. The van der Waals surface area contributed by atoms with Crippen molar-refractivity contribution in [2.45, 2.75) is 40.2 Å². The number of aryl methyl sites for hydroxylation is 1. The molecule has 0 radical (unpaired) electrons. The first kappa shape index (κ1) is 19.7. The predicted octanol–water partition coefficient (Wildman–Crippen LogP) is 3.01. The number of benzene rings is 1. The highest BCUT2D eigenvalue weighted by Gasteiger charge is 2.50. The Balaban J connectivity index is 1.48. The number of rotatable bonds is 4. The lowest BCUT2D eigenvalue weighted by atomic mass is 10.1. The van der Waals surface area contributed by atoms with Crippen molar-refractivity contribution in [2.75, 3.05) is 19.6 Å². The van der Waals surface area contributed by atoms with E-state index in [1.165, 1.54) is 0 Å². The second-order valence-corrected chi connectivity index (χ2v) is 8.50. The van der Waals surface area contributed by atoms with Crippen molar-refractivity contribution >= 4 is 11.8 Å². The van der Waals surface area contributed by atoms with E-state index >= 15 is 0 Å². The Labute approximate surface area is 172 Å². The molecule has 2 fully saturated rings. The summed E-state index contributed by atoms with van der Waals surface area (Å²) in [5, 5.41) is 4.62. The maximum Gasteiger partial charge on any atom is 0.274 e. The largest absolute Gasteiger partial charge is 0.339 e. The number of carbonyl (C=O) groups is 2. The van der Waals surface area contributed by atoms with Crippen molar-refractivity contribution < 1.29 is 9.59 Å². The molecule has 6 heteroatoms. The lowest BCUT2D eigenvalue weighted by Crippen LogP contribution is -2.56. The smallest absolute Gasteiger partial charge is 0.274 e. The highest BCUT2D eigenvalue weighted by atomic mass is 16.2. The van der Waals surface area contributed by atoms with Gasteiger partial charge in [-0.25, -0.2) is 4.68 Å². The molecule has 1 aromatic heterocycles. The van der Waals surface area contributed by atoms with E-state index in [0.29, 0.717) is 37.2 Å². The van der Waals surface area contributed by atoms with Gasteiger partial charge in [-0.3, -0.25) is 9.59 Å². The van der Waals surface area contributed by atoms with Gasteiger partial charge < -0.3 is 9.80 Å². The van der Waals surface area contributed by atoms with Crippen molar-refractivity contribution in [3.05, 3.63) is 47.8 Å². The summed E-state index contributed by atoms with van der Waals surface area (Å²) in [5.74, 6) is 1.32. The van der Waals surface area contributed by atoms with Crippen LogP contribution < -0.4 is 0 Å². The number of carbonyl (C=O) groups excluding carboxylic acids is 2. The number of piperazine rings is 1. The first-order valence-electron chi connectivity index (χ1n) is 10.7. The van der Waals surface area contributed by atoms with Crippen LogP contribution in [0.3, 0.4) is 0 Å². The normalized spacial score (nSPS) is 26.5. The fraction of sp³-hybridized carbons (Fsp3) is 0.522. The topological polar surface area (TPSA) is 58.4 Å². The zero-order valence-corrected chi connectivity index (χ0v) is 17.7. The van der Waals surface area contributed by atoms with Gasteiger partial charge in [0, 0.05) is 37.3 Å². The predicted molar refractivity (Wildman–Crippen MR) is 112 cm³/mol. The molecule has 1 saturated heterocycles. The summed E-state index contributed by atoms with van der Waals surface area (Å²) in [6, 6.07) is 11.8. The first-order valence-corrected chi connectivity index (χ1v) is 10.7. The molecule has 4 rings (SSSR count).